The van der Waals surface area contributed by atoms with Gasteiger partial charge in [0.25, 0.3) is 5.91 Å². The lowest BCUT2D eigenvalue weighted by atomic mass is 10.0. The van der Waals surface area contributed by atoms with Crippen LogP contribution in [0.25, 0.3) is 11.1 Å². The standard InChI is InChI=1S/C21H20ClN3O4S/c1-11-14(10-29-19(11)20(23)26)12-4-6-13(7-5-12)24-21(30)25-16-8-15(22)17(27-2)9-18(16)28-3/h4-10H,1-3H3,(H2,23,26)(H2,24,25,30). The summed E-state index contributed by atoms with van der Waals surface area (Å²) in [7, 11) is 3.08. The third kappa shape index (κ3) is 4.50. The first kappa shape index (κ1) is 21.5. The van der Waals surface area contributed by atoms with Crippen molar-refractivity contribution in [2.24, 2.45) is 5.73 Å². The topological polar surface area (TPSA) is 98.8 Å². The summed E-state index contributed by atoms with van der Waals surface area (Å²) in [5.41, 5.74) is 9.06. The summed E-state index contributed by atoms with van der Waals surface area (Å²) >= 11 is 11.6. The van der Waals surface area contributed by atoms with E-state index < -0.39 is 5.91 Å². The molecule has 0 saturated heterocycles. The summed E-state index contributed by atoms with van der Waals surface area (Å²) in [5.74, 6) is 0.603. The van der Waals surface area contributed by atoms with E-state index in [-0.39, 0.29) is 5.76 Å². The maximum Gasteiger partial charge on any atom is 0.284 e. The Labute approximate surface area is 184 Å². The average Bonchev–Trinajstić information content (AvgIpc) is 3.10. The van der Waals surface area contributed by atoms with Crippen LogP contribution in [-0.2, 0) is 0 Å². The fraction of sp³-hybridized carbons (Fsp3) is 0.143. The molecule has 0 aliphatic heterocycles. The van der Waals surface area contributed by atoms with E-state index in [2.05, 4.69) is 10.6 Å². The van der Waals surface area contributed by atoms with E-state index in [0.29, 0.717) is 32.9 Å². The molecule has 3 aromatic rings. The van der Waals surface area contributed by atoms with Gasteiger partial charge in [0.2, 0.25) is 0 Å². The Balaban J connectivity index is 1.73. The number of carbonyl (C=O) groups excluding carboxylic acids is 1. The van der Waals surface area contributed by atoms with Crippen LogP contribution in [0.2, 0.25) is 5.02 Å². The number of halogens is 1. The van der Waals surface area contributed by atoms with Gasteiger partial charge in [-0.2, -0.15) is 0 Å². The van der Waals surface area contributed by atoms with Gasteiger partial charge in [-0.15, -0.1) is 0 Å². The fourth-order valence-corrected chi connectivity index (χ4v) is 3.39. The van der Waals surface area contributed by atoms with Crippen LogP contribution >= 0.6 is 23.8 Å². The molecule has 0 fully saturated rings. The van der Waals surface area contributed by atoms with Crippen molar-refractivity contribution in [1.82, 2.24) is 0 Å². The Kier molecular flexibility index (Phi) is 6.49. The molecule has 30 heavy (non-hydrogen) atoms. The maximum absolute atomic E-state index is 11.4. The minimum Gasteiger partial charge on any atom is -0.495 e. The van der Waals surface area contributed by atoms with Crippen LogP contribution in [0.1, 0.15) is 16.1 Å². The number of hydrogen-bond acceptors (Lipinski definition) is 5. The highest BCUT2D eigenvalue weighted by molar-refractivity contribution is 7.80. The molecule has 4 N–H and O–H groups in total. The number of ether oxygens (including phenoxy) is 2. The highest BCUT2D eigenvalue weighted by Gasteiger charge is 2.15. The van der Waals surface area contributed by atoms with E-state index in [1.807, 2.05) is 24.3 Å². The molecule has 0 saturated carbocycles. The summed E-state index contributed by atoms with van der Waals surface area (Å²) in [6.45, 7) is 1.79. The van der Waals surface area contributed by atoms with Gasteiger partial charge >= 0.3 is 0 Å². The van der Waals surface area contributed by atoms with Crippen LogP contribution in [0.5, 0.6) is 11.5 Å². The lowest BCUT2D eigenvalue weighted by Gasteiger charge is -2.15. The number of nitrogens with one attached hydrogen (secondary N) is 2. The molecule has 0 atom stereocenters. The van der Waals surface area contributed by atoms with Crippen molar-refractivity contribution in [2.75, 3.05) is 24.9 Å². The number of furan rings is 1. The predicted molar refractivity (Wildman–Crippen MR) is 122 cm³/mol. The third-order valence-corrected chi connectivity index (χ3v) is 4.94. The number of methoxy groups -OCH3 is 2. The summed E-state index contributed by atoms with van der Waals surface area (Å²) in [6, 6.07) is 10.8. The van der Waals surface area contributed by atoms with Crippen molar-refractivity contribution in [3.63, 3.8) is 0 Å². The molecule has 1 heterocycles. The molecule has 3 rings (SSSR count). The molecule has 0 unspecified atom stereocenters. The number of anilines is 2. The van der Waals surface area contributed by atoms with Gasteiger partial charge in [0.15, 0.2) is 10.9 Å². The summed E-state index contributed by atoms with van der Waals surface area (Å²) in [5, 5.41) is 6.95. The second-order valence-corrected chi connectivity index (χ2v) is 7.13. The zero-order chi connectivity index (χ0) is 21.8. The Morgan fingerprint density at radius 2 is 1.77 bits per heavy atom. The molecule has 7 nitrogen and oxygen atoms in total. The van der Waals surface area contributed by atoms with Crippen molar-refractivity contribution >= 4 is 46.2 Å². The maximum atomic E-state index is 11.4. The molecule has 9 heteroatoms. The van der Waals surface area contributed by atoms with Gasteiger partial charge < -0.3 is 30.3 Å². The monoisotopic (exact) mass is 445 g/mol. The molecular weight excluding hydrogens is 426 g/mol. The zero-order valence-electron chi connectivity index (χ0n) is 16.5. The fourth-order valence-electron chi connectivity index (χ4n) is 2.92. The van der Waals surface area contributed by atoms with Gasteiger partial charge in [-0.1, -0.05) is 23.7 Å². The number of carbonyl (C=O) groups is 1. The summed E-state index contributed by atoms with van der Waals surface area (Å²) < 4.78 is 15.8. The zero-order valence-corrected chi connectivity index (χ0v) is 18.1. The summed E-state index contributed by atoms with van der Waals surface area (Å²) in [6.07, 6.45) is 1.52. The van der Waals surface area contributed by atoms with Crippen molar-refractivity contribution in [3.05, 3.63) is 59.0 Å². The molecule has 0 aliphatic rings. The Morgan fingerprint density at radius 1 is 1.10 bits per heavy atom. The minimum atomic E-state index is -0.595. The normalized spacial score (nSPS) is 10.4. The molecule has 156 valence electrons. The third-order valence-electron chi connectivity index (χ3n) is 4.44. The number of amides is 1. The minimum absolute atomic E-state index is 0.157. The predicted octanol–water partition coefficient (Wildman–Crippen LogP) is 4.83. The molecule has 2 aromatic carbocycles. The van der Waals surface area contributed by atoms with E-state index in [4.69, 9.17) is 43.4 Å². The Hall–Kier alpha value is -3.23. The van der Waals surface area contributed by atoms with Crippen LogP contribution in [0.15, 0.2) is 47.1 Å². The van der Waals surface area contributed by atoms with Crippen LogP contribution in [0.4, 0.5) is 11.4 Å². The number of benzene rings is 2. The van der Waals surface area contributed by atoms with Gasteiger partial charge in [0.1, 0.15) is 11.5 Å². The number of primary amides is 1. The summed E-state index contributed by atoms with van der Waals surface area (Å²) in [4.78, 5) is 11.4. The van der Waals surface area contributed by atoms with Gasteiger partial charge in [0, 0.05) is 22.9 Å². The molecular formula is C21H20ClN3O4S. The van der Waals surface area contributed by atoms with Crippen molar-refractivity contribution in [1.29, 1.82) is 0 Å². The first-order valence-corrected chi connectivity index (χ1v) is 9.60. The van der Waals surface area contributed by atoms with E-state index in [0.717, 1.165) is 16.8 Å². The highest BCUT2D eigenvalue weighted by atomic mass is 35.5. The number of rotatable bonds is 6. The molecule has 0 radical (unpaired) electrons. The molecule has 0 aliphatic carbocycles. The van der Waals surface area contributed by atoms with Gasteiger partial charge in [-0.25, -0.2) is 0 Å². The Bertz CT molecular complexity index is 1100. The number of nitrogens with two attached hydrogens (primary N) is 1. The lowest BCUT2D eigenvalue weighted by Crippen LogP contribution is -2.19. The van der Waals surface area contributed by atoms with E-state index in [1.54, 1.807) is 26.2 Å². The largest absolute Gasteiger partial charge is 0.495 e. The van der Waals surface area contributed by atoms with Crippen molar-refractivity contribution < 1.29 is 18.7 Å². The quantitative estimate of drug-likeness (QED) is 0.467. The van der Waals surface area contributed by atoms with Crippen LogP contribution in [0, 0.1) is 6.92 Å². The van der Waals surface area contributed by atoms with Gasteiger partial charge in [-0.05, 0) is 42.9 Å². The van der Waals surface area contributed by atoms with Crippen LogP contribution in [0.3, 0.4) is 0 Å². The smallest absolute Gasteiger partial charge is 0.284 e. The van der Waals surface area contributed by atoms with E-state index in [9.17, 15) is 4.79 Å². The van der Waals surface area contributed by atoms with Crippen LogP contribution < -0.4 is 25.8 Å². The van der Waals surface area contributed by atoms with Crippen LogP contribution in [-0.4, -0.2) is 25.2 Å². The van der Waals surface area contributed by atoms with E-state index >= 15 is 0 Å². The van der Waals surface area contributed by atoms with Gasteiger partial charge in [0.05, 0.1) is 31.2 Å². The Morgan fingerprint density at radius 3 is 2.33 bits per heavy atom. The first-order chi connectivity index (χ1) is 14.3. The lowest BCUT2D eigenvalue weighted by molar-refractivity contribution is 0.0973. The first-order valence-electron chi connectivity index (χ1n) is 8.82. The van der Waals surface area contributed by atoms with E-state index in [1.165, 1.54) is 13.4 Å². The van der Waals surface area contributed by atoms with Crippen molar-refractivity contribution in [3.8, 4) is 22.6 Å². The van der Waals surface area contributed by atoms with Crippen molar-refractivity contribution in [2.45, 2.75) is 6.92 Å². The second kappa shape index (κ2) is 9.06. The second-order valence-electron chi connectivity index (χ2n) is 6.31. The SMILES string of the molecule is COc1cc(OC)c(NC(=S)Nc2ccc(-c3coc(C(N)=O)c3C)cc2)cc1Cl. The van der Waals surface area contributed by atoms with Gasteiger partial charge in [-0.3, -0.25) is 4.79 Å². The number of hydrogen-bond donors (Lipinski definition) is 3. The molecule has 1 amide bonds. The number of thiocarbonyl (C=S) groups is 1. The molecule has 0 spiro atoms. The molecule has 0 bridgehead atoms. The molecule has 1 aromatic heterocycles. The average molecular weight is 446 g/mol. The highest BCUT2D eigenvalue weighted by Crippen LogP contribution is 2.36.